The predicted molar refractivity (Wildman–Crippen MR) is 113 cm³/mol. The number of Topliss-reactive ketones (excluding diaryl/α,β-unsaturated/α-hetero) is 1. The third-order valence-corrected chi connectivity index (χ3v) is 5.45. The number of ketones is 1. The molecule has 4 heteroatoms. The van der Waals surface area contributed by atoms with Crippen molar-refractivity contribution in [3.05, 3.63) is 101 Å². The second-order valence-electron chi connectivity index (χ2n) is 7.48. The number of ether oxygens (including phenoxy) is 2. The molecule has 4 rings (SSSR count). The summed E-state index contributed by atoms with van der Waals surface area (Å²) in [5, 5.41) is 0. The van der Waals surface area contributed by atoms with Gasteiger partial charge < -0.3 is 9.47 Å². The molecule has 0 N–H and O–H groups in total. The lowest BCUT2D eigenvalue weighted by Crippen LogP contribution is -2.36. The van der Waals surface area contributed by atoms with Crippen LogP contribution in [0.25, 0.3) is 0 Å². The van der Waals surface area contributed by atoms with Gasteiger partial charge in [0.1, 0.15) is 18.0 Å². The summed E-state index contributed by atoms with van der Waals surface area (Å²) in [6, 6.07) is 25.3. The van der Waals surface area contributed by atoms with Gasteiger partial charge in [-0.25, -0.2) is 0 Å². The van der Waals surface area contributed by atoms with Gasteiger partial charge >= 0.3 is 0 Å². The third-order valence-electron chi connectivity index (χ3n) is 5.45. The van der Waals surface area contributed by atoms with E-state index in [9.17, 15) is 4.79 Å². The summed E-state index contributed by atoms with van der Waals surface area (Å²) in [5.41, 5.74) is 3.65. The Morgan fingerprint density at radius 3 is 2.17 bits per heavy atom. The minimum atomic E-state index is -0.667. The highest BCUT2D eigenvalue weighted by molar-refractivity contribution is 6.00. The number of carbonyl (C=O) groups excluding carboxylic acids is 1. The van der Waals surface area contributed by atoms with Crippen LogP contribution < -0.4 is 4.74 Å². The Morgan fingerprint density at radius 2 is 1.55 bits per heavy atom. The molecule has 0 spiro atoms. The quantitative estimate of drug-likeness (QED) is 0.578. The average molecular weight is 387 g/mol. The van der Waals surface area contributed by atoms with Crippen molar-refractivity contribution >= 4 is 5.78 Å². The zero-order chi connectivity index (χ0) is 20.4. The molecule has 0 bridgehead atoms. The summed E-state index contributed by atoms with van der Waals surface area (Å²) in [6.45, 7) is 0. The molecule has 0 radical (unpaired) electrons. The minimum Gasteiger partial charge on any atom is -0.497 e. The second kappa shape index (κ2) is 8.19. The van der Waals surface area contributed by atoms with Crippen LogP contribution in [0.3, 0.4) is 0 Å². The van der Waals surface area contributed by atoms with Crippen LogP contribution in [-0.4, -0.2) is 31.9 Å². The van der Waals surface area contributed by atoms with Crippen molar-refractivity contribution in [3.63, 3.8) is 0 Å². The fourth-order valence-corrected chi connectivity index (χ4v) is 4.04. The molecule has 0 unspecified atom stereocenters. The number of rotatable bonds is 5. The van der Waals surface area contributed by atoms with Crippen molar-refractivity contribution in [1.82, 2.24) is 4.90 Å². The summed E-state index contributed by atoms with van der Waals surface area (Å²) < 4.78 is 12.0. The Labute approximate surface area is 171 Å². The van der Waals surface area contributed by atoms with Crippen molar-refractivity contribution in [1.29, 1.82) is 0 Å². The molecule has 0 saturated carbocycles. The molecule has 1 heterocycles. The molecule has 0 amide bonds. The van der Waals surface area contributed by atoms with Crippen molar-refractivity contribution in [3.8, 4) is 5.75 Å². The molecule has 0 aromatic heterocycles. The number of benzene rings is 3. The molecule has 29 heavy (non-hydrogen) atoms. The molecular weight excluding hydrogens is 362 g/mol. The van der Waals surface area contributed by atoms with E-state index in [1.165, 1.54) is 0 Å². The number of fused-ring (bicyclic) bond motifs is 1. The second-order valence-corrected chi connectivity index (χ2v) is 7.48. The largest absolute Gasteiger partial charge is 0.497 e. The van der Waals surface area contributed by atoms with Crippen LogP contribution in [0.4, 0.5) is 0 Å². The summed E-state index contributed by atoms with van der Waals surface area (Å²) in [5.74, 6) is 0.741. The Morgan fingerprint density at radius 1 is 0.897 bits per heavy atom. The third kappa shape index (κ3) is 3.69. The molecule has 3 aromatic carbocycles. The van der Waals surface area contributed by atoms with Gasteiger partial charge in [0, 0.05) is 5.56 Å². The first-order chi connectivity index (χ1) is 14.1. The van der Waals surface area contributed by atoms with Crippen LogP contribution in [0.5, 0.6) is 5.75 Å². The number of methoxy groups -OCH3 is 1. The van der Waals surface area contributed by atoms with Crippen LogP contribution in [0.15, 0.2) is 78.9 Å². The average Bonchev–Trinajstić information content (AvgIpc) is 2.78. The maximum Gasteiger partial charge on any atom is 0.196 e. The van der Waals surface area contributed by atoms with Crippen molar-refractivity contribution < 1.29 is 14.3 Å². The van der Waals surface area contributed by atoms with Crippen LogP contribution in [0.1, 0.15) is 45.3 Å². The number of carbonyl (C=O) groups is 1. The van der Waals surface area contributed by atoms with Crippen molar-refractivity contribution in [2.75, 3.05) is 21.2 Å². The van der Waals surface area contributed by atoms with E-state index >= 15 is 0 Å². The Hall–Kier alpha value is -2.95. The normalized spacial score (nSPS) is 20.9. The van der Waals surface area contributed by atoms with Crippen molar-refractivity contribution in [2.45, 2.75) is 18.2 Å². The van der Waals surface area contributed by atoms with E-state index in [1.807, 2.05) is 80.8 Å². The molecule has 3 aromatic rings. The zero-order valence-corrected chi connectivity index (χ0v) is 16.9. The van der Waals surface area contributed by atoms with Crippen LogP contribution in [-0.2, 0) is 4.74 Å². The van der Waals surface area contributed by atoms with E-state index in [2.05, 4.69) is 17.0 Å². The van der Waals surface area contributed by atoms with E-state index < -0.39 is 6.10 Å². The molecule has 148 valence electrons. The van der Waals surface area contributed by atoms with Gasteiger partial charge in [-0.1, -0.05) is 66.7 Å². The smallest absolute Gasteiger partial charge is 0.196 e. The van der Waals surface area contributed by atoms with E-state index in [-0.39, 0.29) is 17.9 Å². The van der Waals surface area contributed by atoms with Gasteiger partial charge in [-0.3, -0.25) is 9.69 Å². The fourth-order valence-electron chi connectivity index (χ4n) is 4.04. The highest BCUT2D eigenvalue weighted by atomic mass is 16.5. The molecule has 0 saturated heterocycles. The van der Waals surface area contributed by atoms with E-state index in [1.54, 1.807) is 7.11 Å². The fraction of sp³-hybridized carbons (Fsp3) is 0.240. The standard InChI is InChI=1S/C25H25NO3/c1-26(2)22-21-16-19(28-3)14-15-20(21)25(23(27)17-10-6-4-7-11-17)29-24(22)18-12-8-5-9-13-18/h4-16,22,24-25H,1-3H3/t22-,24+,25+/m0/s1. The molecule has 4 nitrogen and oxygen atoms in total. The summed E-state index contributed by atoms with van der Waals surface area (Å²) in [4.78, 5) is 15.5. The van der Waals surface area contributed by atoms with Gasteiger partial charge in [0.2, 0.25) is 0 Å². The number of hydrogen-bond acceptors (Lipinski definition) is 4. The van der Waals surface area contributed by atoms with Gasteiger partial charge in [-0.2, -0.15) is 0 Å². The first kappa shape index (κ1) is 19.4. The van der Waals surface area contributed by atoms with Gasteiger partial charge in [-0.15, -0.1) is 0 Å². The number of hydrogen-bond donors (Lipinski definition) is 0. The molecule has 1 aliphatic rings. The molecule has 0 fully saturated rings. The van der Waals surface area contributed by atoms with Crippen molar-refractivity contribution in [2.24, 2.45) is 0 Å². The van der Waals surface area contributed by atoms with E-state index in [0.717, 1.165) is 22.4 Å². The summed E-state index contributed by atoms with van der Waals surface area (Å²) >= 11 is 0. The zero-order valence-electron chi connectivity index (χ0n) is 16.9. The summed E-state index contributed by atoms with van der Waals surface area (Å²) in [6.07, 6.45) is -0.941. The Balaban J connectivity index is 1.86. The topological polar surface area (TPSA) is 38.8 Å². The molecule has 3 atom stereocenters. The number of likely N-dealkylation sites (N-methyl/N-ethyl adjacent to an activating group) is 1. The molecule has 0 aliphatic carbocycles. The molecular formula is C25H25NO3. The first-order valence-electron chi connectivity index (χ1n) is 9.74. The van der Waals surface area contributed by atoms with Crippen LogP contribution in [0, 0.1) is 0 Å². The lowest BCUT2D eigenvalue weighted by atomic mass is 9.84. The van der Waals surface area contributed by atoms with Gasteiger partial charge in [0.05, 0.1) is 13.2 Å². The van der Waals surface area contributed by atoms with Crippen LogP contribution in [0.2, 0.25) is 0 Å². The van der Waals surface area contributed by atoms with Gasteiger partial charge in [0.15, 0.2) is 5.78 Å². The monoisotopic (exact) mass is 387 g/mol. The lowest BCUT2D eigenvalue weighted by molar-refractivity contribution is -0.0580. The lowest BCUT2D eigenvalue weighted by Gasteiger charge is -2.41. The number of nitrogens with zero attached hydrogens (tertiary/aromatic N) is 1. The van der Waals surface area contributed by atoms with E-state index in [0.29, 0.717) is 5.56 Å². The van der Waals surface area contributed by atoms with Gasteiger partial charge in [-0.05, 0) is 42.9 Å². The first-order valence-corrected chi connectivity index (χ1v) is 9.74. The van der Waals surface area contributed by atoms with Gasteiger partial charge in [0.25, 0.3) is 0 Å². The Bertz CT molecular complexity index is 985. The molecule has 1 aliphatic heterocycles. The highest BCUT2D eigenvalue weighted by Gasteiger charge is 2.41. The maximum atomic E-state index is 13.4. The highest BCUT2D eigenvalue weighted by Crippen LogP contribution is 2.48. The maximum absolute atomic E-state index is 13.4. The van der Waals surface area contributed by atoms with Crippen LogP contribution >= 0.6 is 0 Å². The minimum absolute atomic E-state index is 0.0323. The summed E-state index contributed by atoms with van der Waals surface area (Å²) in [7, 11) is 5.73. The predicted octanol–water partition coefficient (Wildman–Crippen LogP) is 4.99. The Kier molecular flexibility index (Phi) is 5.47. The van der Waals surface area contributed by atoms with E-state index in [4.69, 9.17) is 9.47 Å². The SMILES string of the molecule is COc1ccc2c(c1)[C@H](N(C)C)[C@@H](c1ccccc1)O[C@H]2C(=O)c1ccccc1.